The molecule has 180 valence electrons. The third-order valence-electron chi connectivity index (χ3n) is 6.65. The number of fused-ring (bicyclic) bond motifs is 1. The zero-order valence-corrected chi connectivity index (χ0v) is 19.3. The van der Waals surface area contributed by atoms with E-state index in [9.17, 15) is 19.7 Å². The molecule has 2 amide bonds. The van der Waals surface area contributed by atoms with Crippen LogP contribution in [-0.4, -0.2) is 46.9 Å². The number of nitrogens with one attached hydrogen (secondary N) is 1. The van der Waals surface area contributed by atoms with E-state index in [1.807, 2.05) is 30.3 Å². The zero-order chi connectivity index (χ0) is 23.9. The predicted molar refractivity (Wildman–Crippen MR) is 128 cm³/mol. The molecule has 2 aliphatic rings. The van der Waals surface area contributed by atoms with E-state index in [2.05, 4.69) is 5.32 Å². The lowest BCUT2D eigenvalue weighted by Crippen LogP contribution is -2.53. The average Bonchev–Trinajstić information content (AvgIpc) is 2.85. The maximum atomic E-state index is 13.7. The Kier molecular flexibility index (Phi) is 7.77. The van der Waals surface area contributed by atoms with E-state index < -0.39 is 16.9 Å². The molecule has 1 heterocycles. The summed E-state index contributed by atoms with van der Waals surface area (Å²) in [6, 6.07) is 13.4. The molecule has 2 aromatic carbocycles. The number of hydrogen-bond acceptors (Lipinski definition) is 5. The molecule has 8 nitrogen and oxygen atoms in total. The van der Waals surface area contributed by atoms with Gasteiger partial charge in [-0.1, -0.05) is 49.6 Å². The van der Waals surface area contributed by atoms with Crippen LogP contribution in [0.15, 0.2) is 48.5 Å². The first-order valence-corrected chi connectivity index (χ1v) is 12.1. The highest BCUT2D eigenvalue weighted by Crippen LogP contribution is 2.29. The van der Waals surface area contributed by atoms with Gasteiger partial charge in [0.25, 0.3) is 11.6 Å². The first-order valence-electron chi connectivity index (χ1n) is 12.1. The number of carbonyl (C=O) groups excluding carboxylic acids is 2. The number of ether oxygens (including phenoxy) is 1. The van der Waals surface area contributed by atoms with Crippen molar-refractivity contribution in [2.24, 2.45) is 0 Å². The first-order chi connectivity index (χ1) is 16.5. The second-order valence-corrected chi connectivity index (χ2v) is 9.02. The number of nitrogens with zero attached hydrogens (tertiary/aromatic N) is 2. The van der Waals surface area contributed by atoms with Crippen molar-refractivity contribution < 1.29 is 19.2 Å². The molecule has 0 saturated heterocycles. The number of non-ortho nitro benzene ring substituents is 1. The lowest BCUT2D eigenvalue weighted by Gasteiger charge is -2.34. The van der Waals surface area contributed by atoms with Gasteiger partial charge in [-0.3, -0.25) is 19.7 Å². The average molecular weight is 466 g/mol. The van der Waals surface area contributed by atoms with Crippen molar-refractivity contribution >= 4 is 17.5 Å². The highest BCUT2D eigenvalue weighted by molar-refractivity contribution is 6.00. The molecule has 1 saturated carbocycles. The number of amides is 2. The molecule has 4 rings (SSSR count). The minimum atomic E-state index is -0.667. The van der Waals surface area contributed by atoms with Crippen LogP contribution < -0.4 is 10.1 Å². The van der Waals surface area contributed by atoms with E-state index in [-0.39, 0.29) is 23.2 Å². The van der Waals surface area contributed by atoms with Gasteiger partial charge in [0.05, 0.1) is 17.1 Å². The fourth-order valence-corrected chi connectivity index (χ4v) is 4.82. The van der Waals surface area contributed by atoms with Crippen LogP contribution in [-0.2, 0) is 11.2 Å². The molecule has 34 heavy (non-hydrogen) atoms. The van der Waals surface area contributed by atoms with E-state index in [4.69, 9.17) is 4.74 Å². The number of rotatable bonds is 7. The summed E-state index contributed by atoms with van der Waals surface area (Å²) in [4.78, 5) is 39.6. The summed E-state index contributed by atoms with van der Waals surface area (Å²) >= 11 is 0. The summed E-state index contributed by atoms with van der Waals surface area (Å²) in [7, 11) is 0. The molecule has 8 heteroatoms. The summed E-state index contributed by atoms with van der Waals surface area (Å²) in [6.07, 6.45) is 6.96. The van der Waals surface area contributed by atoms with Crippen molar-refractivity contribution in [2.45, 2.75) is 63.5 Å². The van der Waals surface area contributed by atoms with Crippen LogP contribution in [0.4, 0.5) is 5.69 Å². The number of nitro benzene ring substituents is 1. The van der Waals surface area contributed by atoms with Gasteiger partial charge in [0.2, 0.25) is 5.91 Å². The van der Waals surface area contributed by atoms with Crippen LogP contribution >= 0.6 is 0 Å². The third kappa shape index (κ3) is 5.73. The van der Waals surface area contributed by atoms with Crippen LogP contribution in [0, 0.1) is 10.1 Å². The number of aryl methyl sites for hydroxylation is 1. The Labute approximate surface area is 199 Å². The van der Waals surface area contributed by atoms with Crippen molar-refractivity contribution in [3.05, 3.63) is 69.8 Å². The van der Waals surface area contributed by atoms with E-state index in [1.165, 1.54) is 24.6 Å². The first kappa shape index (κ1) is 23.7. The number of carbonyl (C=O) groups is 2. The molecular weight excluding hydrogens is 434 g/mol. The van der Waals surface area contributed by atoms with Gasteiger partial charge in [0, 0.05) is 24.7 Å². The molecular formula is C26H31N3O5. The Morgan fingerprint density at radius 3 is 2.62 bits per heavy atom. The zero-order valence-electron chi connectivity index (χ0n) is 19.3. The molecule has 0 radical (unpaired) electrons. The normalized spacial score (nSPS) is 17.6. The number of hydrogen-bond donors (Lipinski definition) is 1. The van der Waals surface area contributed by atoms with Gasteiger partial charge >= 0.3 is 0 Å². The molecule has 0 bridgehead atoms. The van der Waals surface area contributed by atoms with Crippen molar-refractivity contribution in [1.82, 2.24) is 10.2 Å². The summed E-state index contributed by atoms with van der Waals surface area (Å²) in [5.74, 6) is -0.241. The van der Waals surface area contributed by atoms with Crippen molar-refractivity contribution in [3.63, 3.8) is 0 Å². The SMILES string of the molecule is O=C(NC1CCCCC1)C(CCc1ccccc1)N1CCCOc2ccc([N+](=O)[O-])cc2C1=O. The van der Waals surface area contributed by atoms with E-state index in [1.54, 1.807) is 4.90 Å². The fourth-order valence-electron chi connectivity index (χ4n) is 4.82. The van der Waals surface area contributed by atoms with Gasteiger partial charge in [-0.2, -0.15) is 0 Å². The van der Waals surface area contributed by atoms with Crippen molar-refractivity contribution in [3.8, 4) is 5.75 Å². The smallest absolute Gasteiger partial charge is 0.270 e. The minimum absolute atomic E-state index is 0.127. The molecule has 1 fully saturated rings. The Morgan fingerprint density at radius 2 is 1.88 bits per heavy atom. The third-order valence-corrected chi connectivity index (χ3v) is 6.65. The van der Waals surface area contributed by atoms with Gasteiger partial charge in [0.15, 0.2) is 0 Å². The maximum Gasteiger partial charge on any atom is 0.270 e. The van der Waals surface area contributed by atoms with Crippen LogP contribution in [0.3, 0.4) is 0 Å². The van der Waals surface area contributed by atoms with Gasteiger partial charge in [-0.25, -0.2) is 0 Å². The molecule has 2 aromatic rings. The van der Waals surface area contributed by atoms with Gasteiger partial charge in [0.1, 0.15) is 11.8 Å². The van der Waals surface area contributed by atoms with Crippen LogP contribution in [0.5, 0.6) is 5.75 Å². The minimum Gasteiger partial charge on any atom is -0.493 e. The summed E-state index contributed by atoms with van der Waals surface area (Å²) < 4.78 is 5.70. The lowest BCUT2D eigenvalue weighted by molar-refractivity contribution is -0.384. The van der Waals surface area contributed by atoms with E-state index in [0.717, 1.165) is 31.2 Å². The van der Waals surface area contributed by atoms with Gasteiger partial charge in [-0.05, 0) is 43.7 Å². The fraction of sp³-hybridized carbons (Fsp3) is 0.462. The Hall–Kier alpha value is -3.42. The van der Waals surface area contributed by atoms with E-state index in [0.29, 0.717) is 38.2 Å². The molecule has 1 N–H and O–H groups in total. The molecule has 1 aliphatic heterocycles. The van der Waals surface area contributed by atoms with Gasteiger partial charge in [-0.15, -0.1) is 0 Å². The predicted octanol–water partition coefficient (Wildman–Crippen LogP) is 4.27. The molecule has 1 aliphatic carbocycles. The molecule has 0 spiro atoms. The van der Waals surface area contributed by atoms with Gasteiger partial charge < -0.3 is 15.0 Å². The Balaban J connectivity index is 1.62. The van der Waals surface area contributed by atoms with Crippen molar-refractivity contribution in [1.29, 1.82) is 0 Å². The second-order valence-electron chi connectivity index (χ2n) is 9.02. The monoisotopic (exact) mass is 465 g/mol. The lowest BCUT2D eigenvalue weighted by atomic mass is 9.94. The highest BCUT2D eigenvalue weighted by atomic mass is 16.6. The number of nitro groups is 1. The molecule has 1 atom stereocenters. The Morgan fingerprint density at radius 1 is 1.12 bits per heavy atom. The summed E-state index contributed by atoms with van der Waals surface area (Å²) in [5, 5.41) is 14.5. The topological polar surface area (TPSA) is 102 Å². The highest BCUT2D eigenvalue weighted by Gasteiger charge is 2.34. The molecule has 1 unspecified atom stereocenters. The molecule has 0 aromatic heterocycles. The summed E-state index contributed by atoms with van der Waals surface area (Å²) in [6.45, 7) is 0.711. The van der Waals surface area contributed by atoms with Crippen molar-refractivity contribution in [2.75, 3.05) is 13.2 Å². The summed E-state index contributed by atoms with van der Waals surface area (Å²) in [5.41, 5.74) is 1.05. The van der Waals surface area contributed by atoms with Crippen LogP contribution in [0.2, 0.25) is 0 Å². The second kappa shape index (κ2) is 11.1. The maximum absolute atomic E-state index is 13.7. The van der Waals surface area contributed by atoms with Crippen LogP contribution in [0.25, 0.3) is 0 Å². The van der Waals surface area contributed by atoms with E-state index >= 15 is 0 Å². The Bertz CT molecular complexity index is 1020. The quantitative estimate of drug-likeness (QED) is 0.486. The largest absolute Gasteiger partial charge is 0.493 e. The number of benzene rings is 2. The van der Waals surface area contributed by atoms with Crippen LogP contribution in [0.1, 0.15) is 60.9 Å². The standard InChI is InChI=1S/C26H31N3O5/c30-25(27-20-10-5-2-6-11-20)23(14-12-19-8-3-1-4-9-19)28-16-7-17-34-24-15-13-21(29(32)33)18-22(24)26(28)31/h1,3-4,8-9,13,15,18,20,23H,2,5-7,10-12,14,16-17H2,(H,27,30).